The van der Waals surface area contributed by atoms with E-state index in [1.807, 2.05) is 11.1 Å². The molecule has 0 radical (unpaired) electrons. The molecule has 3 saturated carbocycles. The molecular weight excluding hydrogens is 362 g/mol. The Morgan fingerprint density at radius 1 is 1.13 bits per heavy atom. The predicted molar refractivity (Wildman–Crippen MR) is 128 cm³/mol. The number of hydrogen-bond donors (Lipinski definition) is 1. The lowest BCUT2D eigenvalue weighted by molar-refractivity contribution is -0.0372. The summed E-state index contributed by atoms with van der Waals surface area (Å²) in [6.07, 6.45) is 17.8. The molecule has 0 aliphatic heterocycles. The van der Waals surface area contributed by atoms with Gasteiger partial charge in [0.25, 0.3) is 0 Å². The Kier molecular flexibility index (Phi) is 5.32. The van der Waals surface area contributed by atoms with E-state index >= 15 is 0 Å². The van der Waals surface area contributed by atoms with E-state index < -0.39 is 0 Å². The fourth-order valence-electron chi connectivity index (χ4n) is 9.54. The van der Waals surface area contributed by atoms with Gasteiger partial charge in [-0.3, -0.25) is 0 Å². The van der Waals surface area contributed by atoms with Crippen LogP contribution < -0.4 is 5.73 Å². The minimum absolute atomic E-state index is 0.419. The van der Waals surface area contributed by atoms with Gasteiger partial charge in [-0.2, -0.15) is 0 Å². The fraction of sp³-hybridized carbons (Fsp3) is 0.862. The summed E-state index contributed by atoms with van der Waals surface area (Å²) in [5, 5.41) is 0. The molecule has 5 aliphatic carbocycles. The topological polar surface area (TPSA) is 26.0 Å². The zero-order valence-corrected chi connectivity index (χ0v) is 20.5. The second-order valence-electron chi connectivity index (χ2n) is 12.8. The van der Waals surface area contributed by atoms with Gasteiger partial charge in [-0.25, -0.2) is 0 Å². The molecule has 2 N–H and O–H groups in total. The van der Waals surface area contributed by atoms with Gasteiger partial charge in [0.2, 0.25) is 0 Å². The van der Waals surface area contributed by atoms with Crippen molar-refractivity contribution in [3.63, 3.8) is 0 Å². The first-order valence-corrected chi connectivity index (χ1v) is 13.4. The lowest BCUT2D eigenvalue weighted by Gasteiger charge is -2.58. The molecule has 9 atom stereocenters. The molecule has 5 aliphatic rings. The summed E-state index contributed by atoms with van der Waals surface area (Å²) in [6.45, 7) is 12.7. The highest BCUT2D eigenvalue weighted by atomic mass is 14.7. The van der Waals surface area contributed by atoms with Crippen LogP contribution in [0.5, 0.6) is 0 Å². The van der Waals surface area contributed by atoms with Crippen LogP contribution in [0.4, 0.5) is 0 Å². The summed E-state index contributed by atoms with van der Waals surface area (Å²) in [5.41, 5.74) is 12.9. The Hall–Kier alpha value is -0.560. The largest absolute Gasteiger partial charge is 0.327 e. The van der Waals surface area contributed by atoms with Crippen LogP contribution in [0.15, 0.2) is 22.8 Å². The van der Waals surface area contributed by atoms with E-state index in [4.69, 9.17) is 5.73 Å². The first kappa shape index (κ1) is 21.3. The monoisotopic (exact) mass is 409 g/mol. The van der Waals surface area contributed by atoms with E-state index in [2.05, 4.69) is 40.7 Å². The molecule has 5 rings (SSSR count). The average Bonchev–Trinajstić information content (AvgIpc) is 3.20. The molecule has 0 aromatic carbocycles. The second-order valence-corrected chi connectivity index (χ2v) is 12.8. The third kappa shape index (κ3) is 3.04. The molecule has 168 valence electrons. The van der Waals surface area contributed by atoms with Crippen LogP contribution in [0.3, 0.4) is 0 Å². The molecule has 9 unspecified atom stereocenters. The Labute approximate surface area is 186 Å². The summed E-state index contributed by atoms with van der Waals surface area (Å²) in [5.74, 6) is 5.57. The number of fused-ring (bicyclic) bond motifs is 7. The summed E-state index contributed by atoms with van der Waals surface area (Å²) in [6, 6.07) is 0.419. The van der Waals surface area contributed by atoms with E-state index in [1.165, 1.54) is 70.6 Å². The normalized spacial score (nSPS) is 48.5. The lowest BCUT2D eigenvalue weighted by Crippen LogP contribution is -2.51. The minimum Gasteiger partial charge on any atom is -0.327 e. The zero-order chi connectivity index (χ0) is 21.3. The molecule has 0 aromatic heterocycles. The standard InChI is InChI=1S/C29H47N/c1-6-18(2)7-8-20-15-21-16-26-24-10-9-22-17-23(30)11-13-28(22,4)25(24)12-14-29(26,5)27(21)19(20)3/h9,18,21,23-27H,6-8,10-17,30H2,1-5H3. The molecule has 3 fully saturated rings. The molecule has 0 amide bonds. The van der Waals surface area contributed by atoms with Crippen molar-refractivity contribution in [1.29, 1.82) is 0 Å². The van der Waals surface area contributed by atoms with Gasteiger partial charge in [0.1, 0.15) is 0 Å². The summed E-state index contributed by atoms with van der Waals surface area (Å²) in [7, 11) is 0. The van der Waals surface area contributed by atoms with E-state index in [9.17, 15) is 0 Å². The maximum absolute atomic E-state index is 6.37. The van der Waals surface area contributed by atoms with E-state index in [-0.39, 0.29) is 0 Å². The van der Waals surface area contributed by atoms with Gasteiger partial charge in [0, 0.05) is 6.04 Å². The predicted octanol–water partition coefficient (Wildman–Crippen LogP) is 7.67. The molecule has 0 bridgehead atoms. The van der Waals surface area contributed by atoms with Crippen LogP contribution in [0.2, 0.25) is 0 Å². The van der Waals surface area contributed by atoms with Crippen molar-refractivity contribution in [3.05, 3.63) is 22.8 Å². The Bertz CT molecular complexity index is 745. The Balaban J connectivity index is 1.38. The van der Waals surface area contributed by atoms with Gasteiger partial charge in [0.05, 0.1) is 0 Å². The Morgan fingerprint density at radius 2 is 1.93 bits per heavy atom. The van der Waals surface area contributed by atoms with Gasteiger partial charge in [-0.05, 0) is 117 Å². The number of allylic oxidation sites excluding steroid dienone is 3. The highest BCUT2D eigenvalue weighted by Crippen LogP contribution is 2.70. The van der Waals surface area contributed by atoms with E-state index in [0.717, 1.165) is 35.5 Å². The van der Waals surface area contributed by atoms with Crippen LogP contribution in [0, 0.1) is 46.3 Å². The third-order valence-electron chi connectivity index (χ3n) is 11.5. The number of hydrogen-bond acceptors (Lipinski definition) is 1. The van der Waals surface area contributed by atoms with Crippen LogP contribution in [0.25, 0.3) is 0 Å². The molecule has 0 spiro atoms. The van der Waals surface area contributed by atoms with Gasteiger partial charge in [-0.15, -0.1) is 0 Å². The first-order chi connectivity index (χ1) is 14.3. The highest BCUT2D eigenvalue weighted by Gasteiger charge is 2.62. The summed E-state index contributed by atoms with van der Waals surface area (Å²) in [4.78, 5) is 0. The molecule has 1 nitrogen and oxygen atoms in total. The summed E-state index contributed by atoms with van der Waals surface area (Å²) >= 11 is 0. The van der Waals surface area contributed by atoms with Crippen molar-refractivity contribution < 1.29 is 0 Å². The zero-order valence-electron chi connectivity index (χ0n) is 20.5. The van der Waals surface area contributed by atoms with Crippen LogP contribution in [-0.4, -0.2) is 6.04 Å². The molecule has 1 heteroatoms. The van der Waals surface area contributed by atoms with Crippen molar-refractivity contribution in [3.8, 4) is 0 Å². The fourth-order valence-corrected chi connectivity index (χ4v) is 9.54. The van der Waals surface area contributed by atoms with Crippen LogP contribution in [-0.2, 0) is 0 Å². The smallest absolute Gasteiger partial charge is 0.00766 e. The van der Waals surface area contributed by atoms with E-state index in [0.29, 0.717) is 16.9 Å². The molecule has 30 heavy (non-hydrogen) atoms. The average molecular weight is 410 g/mol. The molecular formula is C29H47N. The van der Waals surface area contributed by atoms with Crippen molar-refractivity contribution in [1.82, 2.24) is 0 Å². The van der Waals surface area contributed by atoms with Crippen LogP contribution >= 0.6 is 0 Å². The van der Waals surface area contributed by atoms with Crippen molar-refractivity contribution >= 4 is 0 Å². The lowest BCUT2D eigenvalue weighted by atomic mass is 9.47. The molecule has 0 aromatic rings. The second kappa shape index (κ2) is 7.50. The molecule has 0 saturated heterocycles. The maximum atomic E-state index is 6.37. The van der Waals surface area contributed by atoms with Crippen molar-refractivity contribution in [2.24, 2.45) is 52.1 Å². The van der Waals surface area contributed by atoms with Gasteiger partial charge in [-0.1, -0.05) is 56.9 Å². The number of nitrogens with two attached hydrogens (primary N) is 1. The van der Waals surface area contributed by atoms with Gasteiger partial charge >= 0.3 is 0 Å². The van der Waals surface area contributed by atoms with Crippen molar-refractivity contribution in [2.45, 2.75) is 111 Å². The minimum atomic E-state index is 0.419. The highest BCUT2D eigenvalue weighted by molar-refractivity contribution is 5.32. The van der Waals surface area contributed by atoms with E-state index in [1.54, 1.807) is 5.57 Å². The number of rotatable bonds is 4. The van der Waals surface area contributed by atoms with Gasteiger partial charge < -0.3 is 5.73 Å². The SMILES string of the molecule is CCC(C)CCC1=C(C)C2C(C1)CC1C3CC=C4CC(N)CCC4(C)C3CCC12C. The first-order valence-electron chi connectivity index (χ1n) is 13.4. The molecule has 0 heterocycles. The maximum Gasteiger partial charge on any atom is 0.00766 e. The Morgan fingerprint density at radius 3 is 2.70 bits per heavy atom. The third-order valence-corrected chi connectivity index (χ3v) is 11.5. The van der Waals surface area contributed by atoms with Crippen molar-refractivity contribution in [2.75, 3.05) is 0 Å². The van der Waals surface area contributed by atoms with Gasteiger partial charge in [0.15, 0.2) is 0 Å². The summed E-state index contributed by atoms with van der Waals surface area (Å²) < 4.78 is 0. The quantitative estimate of drug-likeness (QED) is 0.474. The van der Waals surface area contributed by atoms with Crippen LogP contribution in [0.1, 0.15) is 105 Å².